The SMILES string of the molecule is Cc1cc(Br)cn2c(N)c(-c3ccc(Br)o3)nc12. The van der Waals surface area contributed by atoms with Crippen LogP contribution in [-0.4, -0.2) is 9.38 Å². The Morgan fingerprint density at radius 3 is 2.78 bits per heavy atom. The number of hydrogen-bond donors (Lipinski definition) is 1. The number of furan rings is 1. The van der Waals surface area contributed by atoms with Gasteiger partial charge in [-0.3, -0.25) is 4.40 Å². The van der Waals surface area contributed by atoms with Crippen LogP contribution in [0, 0.1) is 6.92 Å². The van der Waals surface area contributed by atoms with Gasteiger partial charge in [0, 0.05) is 10.7 Å². The molecule has 0 aliphatic heterocycles. The zero-order valence-electron chi connectivity index (χ0n) is 9.45. The predicted octanol–water partition coefficient (Wildman–Crippen LogP) is 4.01. The molecule has 0 saturated heterocycles. The fourth-order valence-corrected chi connectivity index (χ4v) is 2.76. The Morgan fingerprint density at radius 1 is 1.33 bits per heavy atom. The van der Waals surface area contributed by atoms with Crippen LogP contribution in [0.25, 0.3) is 17.1 Å². The molecule has 0 radical (unpaired) electrons. The fourth-order valence-electron chi connectivity index (χ4n) is 1.91. The van der Waals surface area contributed by atoms with Crippen LogP contribution in [0.15, 0.2) is 38.0 Å². The summed E-state index contributed by atoms with van der Waals surface area (Å²) in [5.41, 5.74) is 8.66. The first-order valence-corrected chi connectivity index (χ1v) is 6.84. The minimum atomic E-state index is 0.566. The number of nitrogens with two attached hydrogens (primary N) is 1. The molecular weight excluding hydrogens is 362 g/mol. The van der Waals surface area contributed by atoms with E-state index in [-0.39, 0.29) is 0 Å². The molecule has 3 aromatic rings. The van der Waals surface area contributed by atoms with Crippen molar-refractivity contribution < 1.29 is 4.42 Å². The van der Waals surface area contributed by atoms with Gasteiger partial charge in [0.05, 0.1) is 0 Å². The van der Waals surface area contributed by atoms with Crippen molar-refractivity contribution in [1.29, 1.82) is 0 Å². The Bertz CT molecular complexity index is 745. The molecule has 2 N–H and O–H groups in total. The van der Waals surface area contributed by atoms with Crippen LogP contribution < -0.4 is 5.73 Å². The number of aryl methyl sites for hydroxylation is 1. The van der Waals surface area contributed by atoms with E-state index in [1.807, 2.05) is 35.7 Å². The number of hydrogen-bond acceptors (Lipinski definition) is 3. The molecule has 0 spiro atoms. The van der Waals surface area contributed by atoms with Gasteiger partial charge in [-0.05, 0) is 62.5 Å². The Kier molecular flexibility index (Phi) is 2.71. The molecule has 3 heterocycles. The summed E-state index contributed by atoms with van der Waals surface area (Å²) in [5, 5.41) is 0. The zero-order chi connectivity index (χ0) is 12.9. The van der Waals surface area contributed by atoms with E-state index in [0.29, 0.717) is 21.9 Å². The average molecular weight is 371 g/mol. The molecule has 0 unspecified atom stereocenters. The first-order valence-electron chi connectivity index (χ1n) is 5.25. The van der Waals surface area contributed by atoms with Crippen molar-refractivity contribution in [2.75, 3.05) is 5.73 Å². The molecule has 3 aromatic heterocycles. The van der Waals surface area contributed by atoms with Crippen molar-refractivity contribution in [3.05, 3.63) is 39.1 Å². The second-order valence-corrected chi connectivity index (χ2v) is 5.68. The van der Waals surface area contributed by atoms with Crippen LogP contribution in [-0.2, 0) is 0 Å². The van der Waals surface area contributed by atoms with E-state index in [1.165, 1.54) is 0 Å². The molecule has 3 rings (SSSR count). The number of imidazole rings is 1. The molecule has 0 aliphatic carbocycles. The summed E-state index contributed by atoms with van der Waals surface area (Å²) in [7, 11) is 0. The smallest absolute Gasteiger partial charge is 0.169 e. The molecule has 0 saturated carbocycles. The van der Waals surface area contributed by atoms with Gasteiger partial charge in [0.1, 0.15) is 17.2 Å². The lowest BCUT2D eigenvalue weighted by Crippen LogP contribution is -1.94. The van der Waals surface area contributed by atoms with Crippen molar-refractivity contribution in [3.63, 3.8) is 0 Å². The van der Waals surface area contributed by atoms with Crippen LogP contribution in [0.3, 0.4) is 0 Å². The molecule has 0 atom stereocenters. The van der Waals surface area contributed by atoms with E-state index in [1.54, 1.807) is 0 Å². The van der Waals surface area contributed by atoms with Crippen molar-refractivity contribution in [1.82, 2.24) is 9.38 Å². The molecule has 0 amide bonds. The normalized spacial score (nSPS) is 11.3. The molecule has 18 heavy (non-hydrogen) atoms. The second-order valence-electron chi connectivity index (χ2n) is 3.98. The van der Waals surface area contributed by atoms with Gasteiger partial charge in [0.2, 0.25) is 0 Å². The summed E-state index contributed by atoms with van der Waals surface area (Å²) in [6, 6.07) is 5.66. The summed E-state index contributed by atoms with van der Waals surface area (Å²) in [5.74, 6) is 1.22. The average Bonchev–Trinajstić information content (AvgIpc) is 2.85. The van der Waals surface area contributed by atoms with Crippen LogP contribution in [0.5, 0.6) is 0 Å². The lowest BCUT2D eigenvalue weighted by atomic mass is 10.3. The number of nitrogen functional groups attached to an aromatic ring is 1. The maximum Gasteiger partial charge on any atom is 0.169 e. The number of pyridine rings is 1. The highest BCUT2D eigenvalue weighted by Crippen LogP contribution is 2.31. The minimum Gasteiger partial charge on any atom is -0.448 e. The Hall–Kier alpha value is -1.27. The lowest BCUT2D eigenvalue weighted by molar-refractivity contribution is 0.554. The van der Waals surface area contributed by atoms with Gasteiger partial charge < -0.3 is 10.2 Å². The van der Waals surface area contributed by atoms with Gasteiger partial charge in [-0.25, -0.2) is 4.98 Å². The minimum absolute atomic E-state index is 0.566. The van der Waals surface area contributed by atoms with Crippen LogP contribution in [0.1, 0.15) is 5.56 Å². The molecule has 92 valence electrons. The molecular formula is C12H9Br2N3O. The van der Waals surface area contributed by atoms with Gasteiger partial charge >= 0.3 is 0 Å². The quantitative estimate of drug-likeness (QED) is 0.704. The number of aromatic nitrogens is 2. The molecule has 0 fully saturated rings. The summed E-state index contributed by atoms with van der Waals surface area (Å²) in [6.07, 6.45) is 1.89. The Morgan fingerprint density at radius 2 is 2.11 bits per heavy atom. The van der Waals surface area contributed by atoms with Gasteiger partial charge in [-0.2, -0.15) is 0 Å². The van der Waals surface area contributed by atoms with Crippen molar-refractivity contribution in [2.45, 2.75) is 6.92 Å². The van der Waals surface area contributed by atoms with Crippen molar-refractivity contribution >= 4 is 43.3 Å². The predicted molar refractivity (Wildman–Crippen MR) is 77.4 cm³/mol. The Labute approximate surface area is 120 Å². The largest absolute Gasteiger partial charge is 0.448 e. The monoisotopic (exact) mass is 369 g/mol. The third-order valence-corrected chi connectivity index (χ3v) is 3.57. The van der Waals surface area contributed by atoms with Gasteiger partial charge in [-0.15, -0.1) is 0 Å². The third kappa shape index (κ3) is 1.76. The first kappa shape index (κ1) is 11.8. The van der Waals surface area contributed by atoms with E-state index in [2.05, 4.69) is 36.8 Å². The number of fused-ring (bicyclic) bond motifs is 1. The maximum absolute atomic E-state index is 6.12. The van der Waals surface area contributed by atoms with E-state index in [9.17, 15) is 0 Å². The van der Waals surface area contributed by atoms with Crippen LogP contribution in [0.2, 0.25) is 0 Å². The van der Waals surface area contributed by atoms with E-state index < -0.39 is 0 Å². The topological polar surface area (TPSA) is 56.5 Å². The molecule has 0 bridgehead atoms. The molecule has 0 aliphatic rings. The molecule has 6 heteroatoms. The number of rotatable bonds is 1. The van der Waals surface area contributed by atoms with Crippen molar-refractivity contribution in [3.8, 4) is 11.5 Å². The summed E-state index contributed by atoms with van der Waals surface area (Å²) in [6.45, 7) is 1.99. The highest BCUT2D eigenvalue weighted by molar-refractivity contribution is 9.10. The first-order chi connectivity index (χ1) is 8.56. The standard InChI is InChI=1S/C12H9Br2N3O/c1-6-4-7(13)5-17-11(15)10(16-12(6)17)8-2-3-9(14)18-8/h2-5H,15H2,1H3. The van der Waals surface area contributed by atoms with Gasteiger partial charge in [0.15, 0.2) is 10.4 Å². The molecule has 4 nitrogen and oxygen atoms in total. The van der Waals surface area contributed by atoms with Gasteiger partial charge in [0.25, 0.3) is 0 Å². The summed E-state index contributed by atoms with van der Waals surface area (Å²) >= 11 is 6.73. The lowest BCUT2D eigenvalue weighted by Gasteiger charge is -2.00. The summed E-state index contributed by atoms with van der Waals surface area (Å²) < 4.78 is 8.97. The summed E-state index contributed by atoms with van der Waals surface area (Å²) in [4.78, 5) is 4.54. The third-order valence-electron chi connectivity index (χ3n) is 2.71. The van der Waals surface area contributed by atoms with E-state index in [4.69, 9.17) is 10.2 Å². The zero-order valence-corrected chi connectivity index (χ0v) is 12.6. The fraction of sp³-hybridized carbons (Fsp3) is 0.0833. The number of halogens is 2. The highest BCUT2D eigenvalue weighted by atomic mass is 79.9. The van der Waals surface area contributed by atoms with E-state index in [0.717, 1.165) is 15.7 Å². The number of nitrogens with zero attached hydrogens (tertiary/aromatic N) is 2. The second kappa shape index (κ2) is 4.13. The number of anilines is 1. The molecule has 0 aromatic carbocycles. The van der Waals surface area contributed by atoms with Crippen LogP contribution >= 0.6 is 31.9 Å². The highest BCUT2D eigenvalue weighted by Gasteiger charge is 2.16. The Balaban J connectivity index is 2.32. The van der Waals surface area contributed by atoms with Crippen molar-refractivity contribution in [2.24, 2.45) is 0 Å². The maximum atomic E-state index is 6.12. The van der Waals surface area contributed by atoms with Gasteiger partial charge in [-0.1, -0.05) is 0 Å². The van der Waals surface area contributed by atoms with Crippen LogP contribution in [0.4, 0.5) is 5.82 Å². The van der Waals surface area contributed by atoms with E-state index >= 15 is 0 Å².